The summed E-state index contributed by atoms with van der Waals surface area (Å²) in [4.78, 5) is 26.9. The minimum absolute atomic E-state index is 0.0147. The maximum Gasteiger partial charge on any atom is 0.410 e. The Kier molecular flexibility index (Phi) is 8.81. The summed E-state index contributed by atoms with van der Waals surface area (Å²) in [6.45, 7) is 8.15. The molecule has 5 rings (SSSR count). The first-order valence-electron chi connectivity index (χ1n) is 14.7. The van der Waals surface area contributed by atoms with Gasteiger partial charge in [-0.05, 0) is 79.8 Å². The topological polar surface area (TPSA) is 104 Å². The van der Waals surface area contributed by atoms with Crippen molar-refractivity contribution in [3.05, 3.63) is 114 Å². The lowest BCUT2D eigenvalue weighted by Crippen LogP contribution is -2.42. The van der Waals surface area contributed by atoms with Gasteiger partial charge in [0.1, 0.15) is 5.60 Å². The zero-order valence-electron chi connectivity index (χ0n) is 25.4. The van der Waals surface area contributed by atoms with Gasteiger partial charge in [0.25, 0.3) is 0 Å². The molecule has 0 bridgehead atoms. The lowest BCUT2D eigenvalue weighted by Gasteiger charge is -2.35. The van der Waals surface area contributed by atoms with E-state index in [1.165, 1.54) is 28.6 Å². The number of sulfonamides is 1. The van der Waals surface area contributed by atoms with Gasteiger partial charge in [0.15, 0.2) is 0 Å². The van der Waals surface area contributed by atoms with Crippen molar-refractivity contribution in [3.63, 3.8) is 0 Å². The van der Waals surface area contributed by atoms with Crippen LogP contribution in [0, 0.1) is 5.92 Å². The van der Waals surface area contributed by atoms with Crippen LogP contribution < -0.4 is 0 Å². The second-order valence-corrected chi connectivity index (χ2v) is 14.2. The molecule has 1 fully saturated rings. The van der Waals surface area contributed by atoms with Crippen molar-refractivity contribution >= 4 is 32.9 Å². The van der Waals surface area contributed by atoms with Gasteiger partial charge >= 0.3 is 12.1 Å². The van der Waals surface area contributed by atoms with Gasteiger partial charge in [-0.2, -0.15) is 4.31 Å². The zero-order valence-corrected chi connectivity index (χ0v) is 26.2. The fourth-order valence-corrected chi connectivity index (χ4v) is 7.48. The standard InChI is InChI=1S/C35H38N2O6S/c1-24(30-16-10-14-25-13-8-9-15-31(25)30)37(34(40)43-35(2,3)4)22-28-21-36(23-32(28)26-11-6-5-7-12-26)44(41,42)29-19-17-27(18-20-29)33(38)39/h5-20,24,28,32H,21-23H2,1-4H3,(H,38,39)/t24-,28-,32-/m1/s1. The molecule has 8 nitrogen and oxygen atoms in total. The van der Waals surface area contributed by atoms with Gasteiger partial charge in [-0.3, -0.25) is 0 Å². The predicted octanol–water partition coefficient (Wildman–Crippen LogP) is 6.94. The average Bonchev–Trinajstić information content (AvgIpc) is 3.44. The number of benzene rings is 4. The monoisotopic (exact) mass is 614 g/mol. The van der Waals surface area contributed by atoms with Gasteiger partial charge < -0.3 is 14.7 Å². The number of carbonyl (C=O) groups excluding carboxylic acids is 1. The number of amides is 1. The molecule has 1 saturated heterocycles. The predicted molar refractivity (Wildman–Crippen MR) is 170 cm³/mol. The number of nitrogens with zero attached hydrogens (tertiary/aromatic N) is 2. The molecule has 1 amide bonds. The Morgan fingerprint density at radius 3 is 2.20 bits per heavy atom. The van der Waals surface area contributed by atoms with Crippen LogP contribution in [0.25, 0.3) is 10.8 Å². The largest absolute Gasteiger partial charge is 0.478 e. The minimum atomic E-state index is -3.94. The van der Waals surface area contributed by atoms with E-state index in [4.69, 9.17) is 4.74 Å². The lowest BCUT2D eigenvalue weighted by atomic mass is 9.88. The Bertz CT molecular complexity index is 1740. The van der Waals surface area contributed by atoms with Crippen LogP contribution in [-0.2, 0) is 14.8 Å². The van der Waals surface area contributed by atoms with Crippen molar-refractivity contribution in [3.8, 4) is 0 Å². The molecule has 0 spiro atoms. The lowest BCUT2D eigenvalue weighted by molar-refractivity contribution is 0.0138. The molecular weight excluding hydrogens is 576 g/mol. The normalized spacial score (nSPS) is 18.2. The van der Waals surface area contributed by atoms with E-state index in [1.807, 2.05) is 100 Å². The van der Waals surface area contributed by atoms with Crippen molar-refractivity contribution in [1.82, 2.24) is 9.21 Å². The summed E-state index contributed by atoms with van der Waals surface area (Å²) >= 11 is 0. The third-order valence-electron chi connectivity index (χ3n) is 8.17. The van der Waals surface area contributed by atoms with Gasteiger partial charge in [-0.1, -0.05) is 72.8 Å². The summed E-state index contributed by atoms with van der Waals surface area (Å²) in [5.74, 6) is -1.55. The van der Waals surface area contributed by atoms with Crippen molar-refractivity contribution in [2.45, 2.75) is 50.2 Å². The minimum Gasteiger partial charge on any atom is -0.478 e. The van der Waals surface area contributed by atoms with Crippen molar-refractivity contribution in [1.29, 1.82) is 0 Å². The maximum atomic E-state index is 13.9. The highest BCUT2D eigenvalue weighted by Gasteiger charge is 2.42. The van der Waals surface area contributed by atoms with Crippen LogP contribution in [0.4, 0.5) is 4.79 Å². The third-order valence-corrected chi connectivity index (χ3v) is 10.0. The Balaban J connectivity index is 1.52. The molecule has 0 unspecified atom stereocenters. The summed E-state index contributed by atoms with van der Waals surface area (Å²) in [7, 11) is -3.94. The number of ether oxygens (including phenoxy) is 1. The van der Waals surface area contributed by atoms with Crippen molar-refractivity contribution in [2.24, 2.45) is 5.92 Å². The number of fused-ring (bicyclic) bond motifs is 1. The second kappa shape index (κ2) is 12.4. The number of aromatic carboxylic acids is 1. The Morgan fingerprint density at radius 2 is 1.55 bits per heavy atom. The van der Waals surface area contributed by atoms with Crippen LogP contribution in [0.1, 0.15) is 61.1 Å². The third kappa shape index (κ3) is 6.64. The second-order valence-electron chi connectivity index (χ2n) is 12.3. The molecule has 1 aliphatic heterocycles. The highest BCUT2D eigenvalue weighted by Crippen LogP contribution is 2.38. The van der Waals surface area contributed by atoms with Crippen molar-refractivity contribution < 1.29 is 27.9 Å². The van der Waals surface area contributed by atoms with E-state index in [-0.39, 0.29) is 48.0 Å². The molecule has 0 aromatic heterocycles. The van der Waals surface area contributed by atoms with E-state index < -0.39 is 27.7 Å². The molecule has 44 heavy (non-hydrogen) atoms. The molecule has 1 heterocycles. The molecular formula is C35H38N2O6S. The van der Waals surface area contributed by atoms with Gasteiger partial charge in [-0.25, -0.2) is 18.0 Å². The molecule has 0 radical (unpaired) electrons. The fraction of sp³-hybridized carbons (Fsp3) is 0.314. The summed E-state index contributed by atoms with van der Waals surface area (Å²) in [5, 5.41) is 11.4. The Hall–Kier alpha value is -4.21. The number of carboxylic acid groups (broad SMARTS) is 1. The first-order chi connectivity index (χ1) is 20.8. The van der Waals surface area contributed by atoms with Crippen LogP contribution in [0.3, 0.4) is 0 Å². The highest BCUT2D eigenvalue weighted by atomic mass is 32.2. The van der Waals surface area contributed by atoms with Crippen LogP contribution in [0.15, 0.2) is 102 Å². The first kappa shape index (κ1) is 31.2. The van der Waals surface area contributed by atoms with E-state index >= 15 is 0 Å². The highest BCUT2D eigenvalue weighted by molar-refractivity contribution is 7.89. The molecule has 1 aliphatic rings. The summed E-state index contributed by atoms with van der Waals surface area (Å²) < 4.78 is 35.0. The van der Waals surface area contributed by atoms with Gasteiger partial charge in [-0.15, -0.1) is 0 Å². The Labute approximate surface area is 258 Å². The van der Waals surface area contributed by atoms with E-state index in [0.717, 1.165) is 21.9 Å². The summed E-state index contributed by atoms with van der Waals surface area (Å²) in [6.07, 6.45) is -0.463. The number of carboxylic acids is 1. The van der Waals surface area contributed by atoms with Crippen LogP contribution in [0.2, 0.25) is 0 Å². The SMILES string of the molecule is C[C@H](c1cccc2ccccc12)N(C[C@H]1CN(S(=O)(=O)c2ccc(C(=O)O)cc2)C[C@@H]1c1ccccc1)C(=O)OC(C)(C)C. The quantitative estimate of drug-likeness (QED) is 0.231. The first-order valence-corrected chi connectivity index (χ1v) is 16.1. The number of hydrogen-bond acceptors (Lipinski definition) is 5. The molecule has 1 N–H and O–H groups in total. The van der Waals surface area contributed by atoms with Crippen LogP contribution in [0.5, 0.6) is 0 Å². The molecule has 0 aliphatic carbocycles. The molecule has 3 atom stereocenters. The molecule has 9 heteroatoms. The number of hydrogen-bond donors (Lipinski definition) is 1. The van der Waals surface area contributed by atoms with Gasteiger partial charge in [0.05, 0.1) is 16.5 Å². The zero-order chi connectivity index (χ0) is 31.6. The molecule has 0 saturated carbocycles. The van der Waals surface area contributed by atoms with Crippen LogP contribution in [-0.4, -0.2) is 60.0 Å². The average molecular weight is 615 g/mol. The van der Waals surface area contributed by atoms with E-state index in [9.17, 15) is 23.1 Å². The fourth-order valence-electron chi connectivity index (χ4n) is 5.96. The van der Waals surface area contributed by atoms with Gasteiger partial charge in [0.2, 0.25) is 10.0 Å². The molecule has 230 valence electrons. The van der Waals surface area contributed by atoms with Crippen molar-refractivity contribution in [2.75, 3.05) is 19.6 Å². The van der Waals surface area contributed by atoms with E-state index in [1.54, 1.807) is 4.90 Å². The summed E-state index contributed by atoms with van der Waals surface area (Å²) in [6, 6.07) is 28.7. The molecule has 4 aromatic rings. The smallest absolute Gasteiger partial charge is 0.410 e. The van der Waals surface area contributed by atoms with Gasteiger partial charge in [0, 0.05) is 25.6 Å². The Morgan fingerprint density at radius 1 is 0.909 bits per heavy atom. The number of rotatable bonds is 8. The maximum absolute atomic E-state index is 13.9. The van der Waals surface area contributed by atoms with E-state index in [2.05, 4.69) is 0 Å². The van der Waals surface area contributed by atoms with E-state index in [0.29, 0.717) is 0 Å². The summed E-state index contributed by atoms with van der Waals surface area (Å²) in [5.41, 5.74) is 1.25. The molecule has 4 aromatic carbocycles. The van der Waals surface area contributed by atoms with Crippen LogP contribution >= 0.6 is 0 Å². The number of carbonyl (C=O) groups is 2.